The van der Waals surface area contributed by atoms with Gasteiger partial charge >= 0.3 is 5.97 Å². The van der Waals surface area contributed by atoms with E-state index in [0.29, 0.717) is 19.4 Å². The first-order valence-electron chi connectivity index (χ1n) is 10.5. The van der Waals surface area contributed by atoms with Crippen molar-refractivity contribution in [2.24, 2.45) is 5.92 Å². The van der Waals surface area contributed by atoms with Crippen LogP contribution in [0.2, 0.25) is 0 Å². The highest BCUT2D eigenvalue weighted by Gasteiger charge is 2.50. The highest BCUT2D eigenvalue weighted by Crippen LogP contribution is 2.40. The van der Waals surface area contributed by atoms with Gasteiger partial charge < -0.3 is 19.7 Å². The fourth-order valence-corrected chi connectivity index (χ4v) is 3.86. The largest absolute Gasteiger partial charge is 0.460 e. The first-order valence-corrected chi connectivity index (χ1v) is 10.5. The second kappa shape index (κ2) is 9.89. The number of ether oxygens (including phenoxy) is 2. The van der Waals surface area contributed by atoms with E-state index in [1.807, 2.05) is 44.2 Å². The maximum Gasteiger partial charge on any atom is 0.328 e. The summed E-state index contributed by atoms with van der Waals surface area (Å²) in [6, 6.07) is 8.24. The summed E-state index contributed by atoms with van der Waals surface area (Å²) in [5.74, 6) is -0.781. The summed E-state index contributed by atoms with van der Waals surface area (Å²) in [6.07, 6.45) is 2.45. The predicted octanol–water partition coefficient (Wildman–Crippen LogP) is 2.38. The molecule has 0 aromatic heterocycles. The monoisotopic (exact) mass is 414 g/mol. The van der Waals surface area contributed by atoms with Crippen molar-refractivity contribution < 1.29 is 23.9 Å². The van der Waals surface area contributed by atoms with E-state index in [-0.39, 0.29) is 30.4 Å². The second-order valence-electron chi connectivity index (χ2n) is 8.19. The molecule has 0 radical (unpaired) electrons. The molecule has 1 aromatic rings. The van der Waals surface area contributed by atoms with E-state index in [1.54, 1.807) is 4.90 Å². The first-order chi connectivity index (χ1) is 14.4. The number of hydrogen-bond donors (Lipinski definition) is 1. The van der Waals surface area contributed by atoms with Crippen LogP contribution in [0.5, 0.6) is 0 Å². The lowest BCUT2D eigenvalue weighted by molar-refractivity contribution is -0.148. The zero-order valence-corrected chi connectivity index (χ0v) is 17.6. The summed E-state index contributed by atoms with van der Waals surface area (Å²) in [7, 11) is 0. The average molecular weight is 415 g/mol. The maximum absolute atomic E-state index is 13.0. The molecule has 7 heteroatoms. The first kappa shape index (κ1) is 22.0. The topological polar surface area (TPSA) is 88.2 Å². The third-order valence-electron chi connectivity index (χ3n) is 5.35. The Hall–Kier alpha value is -2.67. The van der Waals surface area contributed by atoms with Gasteiger partial charge in [-0.15, -0.1) is 0 Å². The minimum absolute atomic E-state index is 0.0945. The Bertz CT molecular complexity index is 779. The number of likely N-dealkylation sites (tertiary alicyclic amines) is 1. The fourth-order valence-electron chi connectivity index (χ4n) is 3.86. The van der Waals surface area contributed by atoms with Crippen molar-refractivity contribution in [2.75, 3.05) is 13.2 Å². The molecule has 2 aliphatic rings. The van der Waals surface area contributed by atoms with Crippen molar-refractivity contribution in [1.29, 1.82) is 0 Å². The van der Waals surface area contributed by atoms with Crippen LogP contribution in [0.15, 0.2) is 43.0 Å². The van der Waals surface area contributed by atoms with Gasteiger partial charge in [-0.3, -0.25) is 9.59 Å². The number of nitrogens with one attached hydrogen (secondary N) is 1. The molecule has 162 valence electrons. The molecular formula is C23H30N2O5. The molecule has 0 saturated carbocycles. The minimum Gasteiger partial charge on any atom is -0.460 e. The van der Waals surface area contributed by atoms with Gasteiger partial charge in [0.15, 0.2) is 6.10 Å². The number of esters is 1. The van der Waals surface area contributed by atoms with E-state index in [4.69, 9.17) is 9.47 Å². The number of rotatable bonds is 9. The van der Waals surface area contributed by atoms with Gasteiger partial charge in [-0.2, -0.15) is 0 Å². The van der Waals surface area contributed by atoms with Crippen LogP contribution in [0.3, 0.4) is 0 Å². The van der Waals surface area contributed by atoms with Crippen molar-refractivity contribution in [2.45, 2.75) is 57.4 Å². The lowest BCUT2D eigenvalue weighted by Crippen LogP contribution is -2.52. The quantitative estimate of drug-likeness (QED) is 0.381. The van der Waals surface area contributed by atoms with Crippen LogP contribution in [0.4, 0.5) is 0 Å². The number of carbonyl (C=O) groups is 3. The lowest BCUT2D eigenvalue weighted by atomic mass is 10.0. The molecule has 2 saturated heterocycles. The minimum atomic E-state index is -0.746. The van der Waals surface area contributed by atoms with Crippen molar-refractivity contribution >= 4 is 17.8 Å². The summed E-state index contributed by atoms with van der Waals surface area (Å²) in [4.78, 5) is 39.8. The molecule has 0 aliphatic carbocycles. The molecule has 1 aromatic carbocycles. The Labute approximate surface area is 177 Å². The van der Waals surface area contributed by atoms with E-state index in [1.165, 1.54) is 6.08 Å². The molecule has 2 heterocycles. The molecule has 3 rings (SSSR count). The van der Waals surface area contributed by atoms with Gasteiger partial charge in [-0.05, 0) is 30.7 Å². The van der Waals surface area contributed by atoms with E-state index < -0.39 is 24.2 Å². The number of hydrogen-bond acceptors (Lipinski definition) is 5. The Morgan fingerprint density at radius 3 is 2.70 bits per heavy atom. The SMILES string of the molecule is C=CCOC(=O)[C@H](CC(C)C)NC(=O)[C@H]1CCCN1C(=O)[C@@H]1O[C@H]1c1ccccc1. The summed E-state index contributed by atoms with van der Waals surface area (Å²) in [6.45, 7) is 8.08. The van der Waals surface area contributed by atoms with Crippen molar-refractivity contribution in [3.63, 3.8) is 0 Å². The number of carbonyl (C=O) groups excluding carboxylic acids is 3. The molecule has 2 amide bonds. The van der Waals surface area contributed by atoms with E-state index in [2.05, 4.69) is 11.9 Å². The Balaban J connectivity index is 1.62. The second-order valence-corrected chi connectivity index (χ2v) is 8.19. The van der Waals surface area contributed by atoms with Gasteiger partial charge in [0.05, 0.1) is 0 Å². The number of epoxide rings is 1. The summed E-state index contributed by atoms with van der Waals surface area (Å²) in [5.41, 5.74) is 0.956. The van der Waals surface area contributed by atoms with Crippen LogP contribution in [0, 0.1) is 5.92 Å². The molecule has 2 aliphatic heterocycles. The number of benzene rings is 1. The standard InChI is InChI=1S/C23H30N2O5/c1-4-13-29-23(28)17(14-15(2)3)24-21(26)18-11-8-12-25(18)22(27)20-19(30-20)16-9-6-5-7-10-16/h4-7,9-10,15,17-20H,1,8,11-14H2,2-3H3,(H,24,26)/t17-,18+,19-,20+/m0/s1. The zero-order valence-electron chi connectivity index (χ0n) is 17.6. The molecule has 30 heavy (non-hydrogen) atoms. The highest BCUT2D eigenvalue weighted by molar-refractivity contribution is 5.93. The Morgan fingerprint density at radius 2 is 2.03 bits per heavy atom. The van der Waals surface area contributed by atoms with Gasteiger partial charge in [0, 0.05) is 6.54 Å². The highest BCUT2D eigenvalue weighted by atomic mass is 16.6. The molecule has 0 unspecified atom stereocenters. The molecule has 0 spiro atoms. The van der Waals surface area contributed by atoms with Gasteiger partial charge in [0.1, 0.15) is 24.8 Å². The van der Waals surface area contributed by atoms with E-state index in [9.17, 15) is 14.4 Å². The van der Waals surface area contributed by atoms with Crippen molar-refractivity contribution in [1.82, 2.24) is 10.2 Å². The summed E-state index contributed by atoms with van der Waals surface area (Å²) < 4.78 is 10.7. The predicted molar refractivity (Wildman–Crippen MR) is 111 cm³/mol. The van der Waals surface area contributed by atoms with Crippen LogP contribution in [-0.2, 0) is 23.9 Å². The molecular weight excluding hydrogens is 384 g/mol. The molecule has 0 bridgehead atoms. The summed E-state index contributed by atoms with van der Waals surface area (Å²) in [5, 5.41) is 2.80. The molecule has 4 atom stereocenters. The maximum atomic E-state index is 13.0. The van der Waals surface area contributed by atoms with E-state index in [0.717, 1.165) is 12.0 Å². The third kappa shape index (κ3) is 5.27. The Kier molecular flexibility index (Phi) is 7.26. The van der Waals surface area contributed by atoms with Gasteiger partial charge in [0.2, 0.25) is 5.91 Å². The average Bonchev–Trinajstić information content (AvgIpc) is 3.38. The van der Waals surface area contributed by atoms with Gasteiger partial charge in [-0.1, -0.05) is 56.8 Å². The van der Waals surface area contributed by atoms with Gasteiger partial charge in [-0.25, -0.2) is 4.79 Å². The number of nitrogens with zero attached hydrogens (tertiary/aromatic N) is 1. The van der Waals surface area contributed by atoms with Crippen LogP contribution in [-0.4, -0.2) is 54.0 Å². The van der Waals surface area contributed by atoms with E-state index >= 15 is 0 Å². The smallest absolute Gasteiger partial charge is 0.328 e. The fraction of sp³-hybridized carbons (Fsp3) is 0.522. The van der Waals surface area contributed by atoms with Crippen molar-refractivity contribution in [3.8, 4) is 0 Å². The lowest BCUT2D eigenvalue weighted by Gasteiger charge is -2.26. The van der Waals surface area contributed by atoms with Crippen LogP contribution >= 0.6 is 0 Å². The zero-order chi connectivity index (χ0) is 21.7. The third-order valence-corrected chi connectivity index (χ3v) is 5.35. The molecule has 2 fully saturated rings. The molecule has 7 nitrogen and oxygen atoms in total. The number of amides is 2. The normalized spacial score (nSPS) is 23.7. The summed E-state index contributed by atoms with van der Waals surface area (Å²) >= 11 is 0. The van der Waals surface area contributed by atoms with Gasteiger partial charge in [0.25, 0.3) is 5.91 Å². The van der Waals surface area contributed by atoms with Crippen molar-refractivity contribution in [3.05, 3.63) is 48.6 Å². The van der Waals surface area contributed by atoms with Crippen LogP contribution in [0.25, 0.3) is 0 Å². The van der Waals surface area contributed by atoms with Crippen LogP contribution in [0.1, 0.15) is 44.8 Å². The Morgan fingerprint density at radius 1 is 1.30 bits per heavy atom. The molecule has 1 N–H and O–H groups in total. The van der Waals surface area contributed by atoms with Crippen LogP contribution < -0.4 is 5.32 Å².